The van der Waals surface area contributed by atoms with Gasteiger partial charge in [-0.3, -0.25) is 9.59 Å². The van der Waals surface area contributed by atoms with Crippen molar-refractivity contribution in [3.63, 3.8) is 0 Å². The smallest absolute Gasteiger partial charge is 0.273 e. The molecule has 0 saturated heterocycles. The number of aromatic nitrogens is 1. The predicted molar refractivity (Wildman–Crippen MR) is 98.5 cm³/mol. The van der Waals surface area contributed by atoms with E-state index in [1.54, 1.807) is 4.90 Å². The van der Waals surface area contributed by atoms with E-state index in [1.807, 2.05) is 38.2 Å². The average molecular weight is 345 g/mol. The molecule has 2 amide bonds. The Morgan fingerprint density at radius 3 is 2.75 bits per heavy atom. The lowest BCUT2D eigenvalue weighted by Crippen LogP contribution is -2.28. The first-order valence-electron chi connectivity index (χ1n) is 8.03. The molecule has 0 atom stereocenters. The third kappa shape index (κ3) is 4.41. The molecule has 24 heavy (non-hydrogen) atoms. The zero-order valence-electron chi connectivity index (χ0n) is 14.5. The number of nitrogens with zero attached hydrogens (tertiary/aromatic N) is 2. The van der Waals surface area contributed by atoms with Gasteiger partial charge in [-0.05, 0) is 25.5 Å². The summed E-state index contributed by atoms with van der Waals surface area (Å²) >= 11 is 1.49. The monoisotopic (exact) mass is 345 g/mol. The molecule has 0 spiro atoms. The van der Waals surface area contributed by atoms with Crippen molar-refractivity contribution in [3.05, 3.63) is 34.8 Å². The minimum atomic E-state index is -0.115. The van der Waals surface area contributed by atoms with E-state index in [2.05, 4.69) is 17.2 Å². The molecule has 0 aliphatic carbocycles. The first-order chi connectivity index (χ1) is 11.4. The van der Waals surface area contributed by atoms with Gasteiger partial charge in [0.1, 0.15) is 10.7 Å². The van der Waals surface area contributed by atoms with E-state index in [-0.39, 0.29) is 11.8 Å². The van der Waals surface area contributed by atoms with E-state index in [4.69, 9.17) is 0 Å². The first-order valence-corrected chi connectivity index (χ1v) is 8.85. The van der Waals surface area contributed by atoms with E-state index in [0.29, 0.717) is 5.69 Å². The topological polar surface area (TPSA) is 62.3 Å². The fourth-order valence-corrected chi connectivity index (χ4v) is 3.23. The van der Waals surface area contributed by atoms with E-state index < -0.39 is 0 Å². The molecule has 1 N–H and O–H groups in total. The third-order valence-electron chi connectivity index (χ3n) is 3.62. The van der Waals surface area contributed by atoms with Crippen molar-refractivity contribution in [2.75, 3.05) is 18.9 Å². The Balaban J connectivity index is 2.25. The maximum atomic E-state index is 12.5. The summed E-state index contributed by atoms with van der Waals surface area (Å²) in [5, 5.41) is 3.55. The van der Waals surface area contributed by atoms with Crippen molar-refractivity contribution in [3.8, 4) is 10.6 Å². The fraction of sp³-hybridized carbons (Fsp3) is 0.389. The largest absolute Gasteiger partial charge is 0.340 e. The Hall–Kier alpha value is -2.21. The van der Waals surface area contributed by atoms with Crippen LogP contribution in [0.5, 0.6) is 0 Å². The van der Waals surface area contributed by atoms with Crippen LogP contribution in [0, 0.1) is 6.92 Å². The Morgan fingerprint density at radius 2 is 2.08 bits per heavy atom. The van der Waals surface area contributed by atoms with Gasteiger partial charge in [0.2, 0.25) is 5.91 Å². The van der Waals surface area contributed by atoms with Crippen LogP contribution < -0.4 is 5.32 Å². The Bertz CT molecular complexity index is 740. The molecule has 0 unspecified atom stereocenters. The summed E-state index contributed by atoms with van der Waals surface area (Å²) in [7, 11) is 1.81. The lowest BCUT2D eigenvalue weighted by molar-refractivity contribution is -0.114. The predicted octanol–water partition coefficient (Wildman–Crippen LogP) is 3.95. The standard InChI is InChI=1S/C18H23N3O2S/c1-5-6-10-21(4)18(23)16-12(2)24-17(20-16)14-8-7-9-15(11-14)19-13(3)22/h7-9,11H,5-6,10H2,1-4H3,(H,19,22). The molecule has 1 aromatic heterocycles. The molecular weight excluding hydrogens is 322 g/mol. The van der Waals surface area contributed by atoms with Crippen LogP contribution in [0.2, 0.25) is 0 Å². The molecule has 1 heterocycles. The van der Waals surface area contributed by atoms with Gasteiger partial charge in [0.05, 0.1) is 0 Å². The first kappa shape index (κ1) is 18.1. The van der Waals surface area contributed by atoms with Gasteiger partial charge in [0.15, 0.2) is 0 Å². The molecule has 0 aliphatic heterocycles. The SMILES string of the molecule is CCCCN(C)C(=O)c1nc(-c2cccc(NC(C)=O)c2)sc1C. The van der Waals surface area contributed by atoms with Gasteiger partial charge in [0.25, 0.3) is 5.91 Å². The second-order valence-corrected chi connectivity index (χ2v) is 6.97. The molecule has 0 aliphatic rings. The maximum Gasteiger partial charge on any atom is 0.273 e. The minimum Gasteiger partial charge on any atom is -0.340 e. The summed E-state index contributed by atoms with van der Waals surface area (Å²) in [6.45, 7) is 6.23. The van der Waals surface area contributed by atoms with Crippen LogP contribution in [-0.4, -0.2) is 35.3 Å². The van der Waals surface area contributed by atoms with Crippen LogP contribution in [0.1, 0.15) is 42.1 Å². The van der Waals surface area contributed by atoms with E-state index in [0.717, 1.165) is 40.5 Å². The summed E-state index contributed by atoms with van der Waals surface area (Å²) < 4.78 is 0. The average Bonchev–Trinajstić information content (AvgIpc) is 2.93. The number of benzene rings is 1. The highest BCUT2D eigenvalue weighted by molar-refractivity contribution is 7.15. The number of thiazole rings is 1. The van der Waals surface area contributed by atoms with E-state index in [1.165, 1.54) is 18.3 Å². The van der Waals surface area contributed by atoms with Crippen LogP contribution in [0.15, 0.2) is 24.3 Å². The zero-order valence-corrected chi connectivity index (χ0v) is 15.4. The second-order valence-electron chi connectivity index (χ2n) is 5.77. The molecule has 128 valence electrons. The van der Waals surface area contributed by atoms with E-state index in [9.17, 15) is 9.59 Å². The number of hydrogen-bond acceptors (Lipinski definition) is 4. The van der Waals surface area contributed by atoms with Gasteiger partial charge >= 0.3 is 0 Å². The number of rotatable bonds is 6. The molecule has 2 rings (SSSR count). The third-order valence-corrected chi connectivity index (χ3v) is 4.64. The number of aryl methyl sites for hydroxylation is 1. The quantitative estimate of drug-likeness (QED) is 0.862. The zero-order chi connectivity index (χ0) is 17.7. The van der Waals surface area contributed by atoms with Crippen LogP contribution in [0.3, 0.4) is 0 Å². The molecule has 2 aromatic rings. The van der Waals surface area contributed by atoms with Crippen molar-refractivity contribution >= 4 is 28.8 Å². The van der Waals surface area contributed by atoms with Gasteiger partial charge in [-0.25, -0.2) is 4.98 Å². The van der Waals surface area contributed by atoms with Crippen LogP contribution in [-0.2, 0) is 4.79 Å². The van der Waals surface area contributed by atoms with Gasteiger partial charge in [-0.15, -0.1) is 11.3 Å². The summed E-state index contributed by atoms with van der Waals surface area (Å²) in [5.41, 5.74) is 2.13. The lowest BCUT2D eigenvalue weighted by atomic mass is 10.2. The number of nitrogens with one attached hydrogen (secondary N) is 1. The molecule has 0 fully saturated rings. The molecule has 1 aromatic carbocycles. The number of carbonyl (C=O) groups is 2. The van der Waals surface area contributed by atoms with Crippen LogP contribution >= 0.6 is 11.3 Å². The highest BCUT2D eigenvalue weighted by Crippen LogP contribution is 2.29. The van der Waals surface area contributed by atoms with E-state index >= 15 is 0 Å². The number of amides is 2. The second kappa shape index (κ2) is 8.06. The van der Waals surface area contributed by atoms with Crippen LogP contribution in [0.4, 0.5) is 5.69 Å². The highest BCUT2D eigenvalue weighted by atomic mass is 32.1. The number of unbranched alkanes of at least 4 members (excludes halogenated alkanes) is 1. The summed E-state index contributed by atoms with van der Waals surface area (Å²) in [5.74, 6) is -0.155. The molecule has 6 heteroatoms. The number of carbonyl (C=O) groups excluding carboxylic acids is 2. The normalized spacial score (nSPS) is 10.5. The Labute approximate surface area is 146 Å². The van der Waals surface area contributed by atoms with Gasteiger partial charge in [0, 0.05) is 36.6 Å². The fourth-order valence-electron chi connectivity index (χ4n) is 2.33. The Kier molecular flexibility index (Phi) is 6.09. The van der Waals surface area contributed by atoms with Gasteiger partial charge in [-0.2, -0.15) is 0 Å². The molecule has 0 radical (unpaired) electrons. The van der Waals surface area contributed by atoms with Crippen molar-refractivity contribution in [2.24, 2.45) is 0 Å². The number of anilines is 1. The molecule has 0 saturated carbocycles. The van der Waals surface area contributed by atoms with Crippen LogP contribution in [0.25, 0.3) is 10.6 Å². The summed E-state index contributed by atoms with van der Waals surface area (Å²) in [4.78, 5) is 30.9. The van der Waals surface area contributed by atoms with Crippen molar-refractivity contribution in [1.29, 1.82) is 0 Å². The molecule has 0 bridgehead atoms. The highest BCUT2D eigenvalue weighted by Gasteiger charge is 2.19. The van der Waals surface area contributed by atoms with Crippen molar-refractivity contribution in [2.45, 2.75) is 33.6 Å². The number of hydrogen-bond donors (Lipinski definition) is 1. The minimum absolute atomic E-state index is 0.0403. The molecule has 5 nitrogen and oxygen atoms in total. The van der Waals surface area contributed by atoms with Crippen molar-refractivity contribution < 1.29 is 9.59 Å². The van der Waals surface area contributed by atoms with Crippen molar-refractivity contribution in [1.82, 2.24) is 9.88 Å². The summed E-state index contributed by atoms with van der Waals surface area (Å²) in [6, 6.07) is 7.50. The summed E-state index contributed by atoms with van der Waals surface area (Å²) in [6.07, 6.45) is 2.03. The van der Waals surface area contributed by atoms with Gasteiger partial charge in [-0.1, -0.05) is 25.5 Å². The Morgan fingerprint density at radius 1 is 1.33 bits per heavy atom. The lowest BCUT2D eigenvalue weighted by Gasteiger charge is -2.15. The van der Waals surface area contributed by atoms with Gasteiger partial charge < -0.3 is 10.2 Å². The molecular formula is C18H23N3O2S. The maximum absolute atomic E-state index is 12.5.